The Bertz CT molecular complexity index is 1090. The summed E-state index contributed by atoms with van der Waals surface area (Å²) in [5.74, 6) is 0.790. The molecule has 2 atom stereocenters. The molecule has 12 heteroatoms. The Labute approximate surface area is 263 Å². The quantitative estimate of drug-likeness (QED) is 0.229. The summed E-state index contributed by atoms with van der Waals surface area (Å²) in [5.41, 5.74) is 1.05. The van der Waals surface area contributed by atoms with Gasteiger partial charge in [-0.1, -0.05) is 62.8 Å². The lowest BCUT2D eigenvalue weighted by Gasteiger charge is -2.40. The lowest BCUT2D eigenvalue weighted by atomic mass is 9.72. The van der Waals surface area contributed by atoms with Crippen molar-refractivity contribution in [1.82, 2.24) is 9.80 Å². The highest BCUT2D eigenvalue weighted by atomic mass is 32.3. The third-order valence-electron chi connectivity index (χ3n) is 8.42. The molecule has 4 rings (SSSR count). The van der Waals surface area contributed by atoms with Gasteiger partial charge in [-0.05, 0) is 89.3 Å². The smallest absolute Gasteiger partial charge is 0.394 e. The molecule has 2 aliphatic rings. The molecule has 2 aromatic carbocycles. The van der Waals surface area contributed by atoms with E-state index in [4.69, 9.17) is 17.5 Å². The van der Waals surface area contributed by atoms with Crippen molar-refractivity contribution in [1.29, 1.82) is 0 Å². The lowest BCUT2D eigenvalue weighted by Crippen LogP contribution is -2.42. The van der Waals surface area contributed by atoms with Gasteiger partial charge in [0.1, 0.15) is 11.5 Å². The van der Waals surface area contributed by atoms with Gasteiger partial charge < -0.3 is 35.7 Å². The number of aliphatic hydroxyl groups is 2. The van der Waals surface area contributed by atoms with Gasteiger partial charge in [-0.15, -0.1) is 0 Å². The van der Waals surface area contributed by atoms with Crippen molar-refractivity contribution in [2.45, 2.75) is 87.2 Å². The second kappa shape index (κ2) is 18.0. The Kier molecular flexibility index (Phi) is 16.3. The number of nitrogens with zero attached hydrogens (tertiary/aromatic N) is 2. The molecule has 2 aromatic rings. The average Bonchev–Trinajstić information content (AvgIpc) is 2.92. The number of rotatable bonds is 8. The normalized spacial score (nSPS) is 19.0. The summed E-state index contributed by atoms with van der Waals surface area (Å²) >= 11 is 0. The number of phenols is 2. The topological polar surface area (TPSA) is 193 Å². The molecule has 8 N–H and O–H groups in total. The van der Waals surface area contributed by atoms with Crippen LogP contribution in [-0.2, 0) is 10.4 Å². The molecule has 0 saturated heterocycles. The van der Waals surface area contributed by atoms with Gasteiger partial charge >= 0.3 is 10.4 Å². The highest BCUT2D eigenvalue weighted by molar-refractivity contribution is 7.79. The molecule has 0 radical (unpaired) electrons. The molecule has 2 saturated carbocycles. The minimum absolute atomic E-state index is 0. The van der Waals surface area contributed by atoms with Gasteiger partial charge in [0.15, 0.2) is 0 Å². The van der Waals surface area contributed by atoms with Crippen LogP contribution >= 0.6 is 0 Å². The monoisotopic (exact) mass is 642 g/mol. The van der Waals surface area contributed by atoms with Gasteiger partial charge in [-0.2, -0.15) is 8.42 Å². The number of aromatic hydroxyl groups is 2. The van der Waals surface area contributed by atoms with E-state index in [-0.39, 0.29) is 28.8 Å². The maximum Gasteiger partial charge on any atom is 0.394 e. The van der Waals surface area contributed by atoms with E-state index in [1.54, 1.807) is 24.3 Å². The first-order valence-corrected chi connectivity index (χ1v) is 16.4. The van der Waals surface area contributed by atoms with Crippen molar-refractivity contribution in [3.05, 3.63) is 59.7 Å². The Balaban J connectivity index is 0.000000375. The van der Waals surface area contributed by atoms with Crippen molar-refractivity contribution in [3.8, 4) is 11.5 Å². The van der Waals surface area contributed by atoms with E-state index in [1.807, 2.05) is 52.5 Å². The number of phenolic OH excluding ortho intramolecular Hbond substituents is 2. The first-order valence-electron chi connectivity index (χ1n) is 15.0. The lowest BCUT2D eigenvalue weighted by molar-refractivity contribution is -0.0280. The summed E-state index contributed by atoms with van der Waals surface area (Å²) < 4.78 is 31.6. The molecule has 0 heterocycles. The van der Waals surface area contributed by atoms with Gasteiger partial charge in [0, 0.05) is 24.9 Å². The zero-order valence-corrected chi connectivity index (χ0v) is 27.4. The van der Waals surface area contributed by atoms with Crippen LogP contribution in [0.3, 0.4) is 0 Å². The predicted molar refractivity (Wildman–Crippen MR) is 173 cm³/mol. The van der Waals surface area contributed by atoms with Gasteiger partial charge in [-0.3, -0.25) is 9.11 Å². The number of hydrogen-bond acceptors (Lipinski definition) is 8. The Morgan fingerprint density at radius 1 is 0.614 bits per heavy atom. The summed E-state index contributed by atoms with van der Waals surface area (Å²) in [5, 5.41) is 40.9. The minimum Gasteiger partial charge on any atom is -0.508 e. The molecule has 44 heavy (non-hydrogen) atoms. The second-order valence-electron chi connectivity index (χ2n) is 12.6. The fourth-order valence-electron chi connectivity index (χ4n) is 6.34. The standard InChI is InChI=1S/2C16H25NO2.H2O4S.H2O/c2*1-17(2)12-15(13-6-8-14(18)9-7-13)16(19)10-4-3-5-11-16;1-5(2,3)4;/h2*6-9,15,18-19H,3-5,10-12H2,1-2H3;(H2,1,2,3,4);1H2. The van der Waals surface area contributed by atoms with Crippen LogP contribution in [0.15, 0.2) is 48.5 Å². The predicted octanol–water partition coefficient (Wildman–Crippen LogP) is 3.99. The molecular weight excluding hydrogens is 588 g/mol. The molecule has 0 amide bonds. The maximum atomic E-state index is 11.0. The molecule has 2 aliphatic carbocycles. The summed E-state index contributed by atoms with van der Waals surface area (Å²) in [4.78, 5) is 4.26. The van der Waals surface area contributed by atoms with E-state index in [9.17, 15) is 20.4 Å². The molecule has 11 nitrogen and oxygen atoms in total. The summed E-state index contributed by atoms with van der Waals surface area (Å²) in [7, 11) is 3.50. The Morgan fingerprint density at radius 3 is 1.09 bits per heavy atom. The molecule has 0 aliphatic heterocycles. The minimum atomic E-state index is -4.67. The Morgan fingerprint density at radius 2 is 0.864 bits per heavy atom. The van der Waals surface area contributed by atoms with E-state index in [2.05, 4.69) is 9.80 Å². The molecule has 2 fully saturated rings. The summed E-state index contributed by atoms with van der Waals surface area (Å²) in [6.45, 7) is 1.67. The second-order valence-corrected chi connectivity index (χ2v) is 13.5. The summed E-state index contributed by atoms with van der Waals surface area (Å²) in [6, 6.07) is 14.6. The van der Waals surface area contributed by atoms with Crippen LogP contribution in [0.2, 0.25) is 0 Å². The van der Waals surface area contributed by atoms with E-state index < -0.39 is 21.6 Å². The molecule has 0 aromatic heterocycles. The zero-order chi connectivity index (χ0) is 32.3. The maximum absolute atomic E-state index is 11.0. The van der Waals surface area contributed by atoms with Crippen molar-refractivity contribution in [2.24, 2.45) is 0 Å². The van der Waals surface area contributed by atoms with E-state index in [1.165, 1.54) is 12.8 Å². The van der Waals surface area contributed by atoms with Gasteiger partial charge in [-0.25, -0.2) is 0 Å². The third kappa shape index (κ3) is 13.8. The van der Waals surface area contributed by atoms with E-state index in [0.717, 1.165) is 75.6 Å². The van der Waals surface area contributed by atoms with Gasteiger partial charge in [0.05, 0.1) is 11.2 Å². The van der Waals surface area contributed by atoms with Crippen molar-refractivity contribution < 1.29 is 43.4 Å². The highest BCUT2D eigenvalue weighted by Gasteiger charge is 2.40. The van der Waals surface area contributed by atoms with Crippen molar-refractivity contribution in [2.75, 3.05) is 41.3 Å². The highest BCUT2D eigenvalue weighted by Crippen LogP contribution is 2.41. The molecule has 2 unspecified atom stereocenters. The fraction of sp³-hybridized carbons (Fsp3) is 0.625. The van der Waals surface area contributed by atoms with Crippen LogP contribution in [0, 0.1) is 0 Å². The van der Waals surface area contributed by atoms with Crippen molar-refractivity contribution in [3.63, 3.8) is 0 Å². The summed E-state index contributed by atoms with van der Waals surface area (Å²) in [6.07, 6.45) is 10.4. The molecule has 252 valence electrons. The molecular formula is C32H54N2O9S. The number of hydrogen-bond donors (Lipinski definition) is 6. The van der Waals surface area contributed by atoms with Crippen LogP contribution in [0.4, 0.5) is 0 Å². The first-order chi connectivity index (χ1) is 20.0. The van der Waals surface area contributed by atoms with E-state index in [0.29, 0.717) is 0 Å². The van der Waals surface area contributed by atoms with E-state index >= 15 is 0 Å². The first kappa shape index (κ1) is 39.7. The average molecular weight is 643 g/mol. The van der Waals surface area contributed by atoms with Crippen LogP contribution in [0.1, 0.15) is 87.2 Å². The number of likely N-dealkylation sites (N-methyl/N-ethyl adjacent to an activating group) is 2. The van der Waals surface area contributed by atoms with Crippen LogP contribution in [0.25, 0.3) is 0 Å². The number of benzene rings is 2. The van der Waals surface area contributed by atoms with Crippen LogP contribution < -0.4 is 0 Å². The van der Waals surface area contributed by atoms with Crippen LogP contribution in [-0.4, -0.2) is 106 Å². The van der Waals surface area contributed by atoms with Crippen LogP contribution in [0.5, 0.6) is 11.5 Å². The van der Waals surface area contributed by atoms with Gasteiger partial charge in [0.25, 0.3) is 0 Å². The van der Waals surface area contributed by atoms with Gasteiger partial charge in [0.2, 0.25) is 0 Å². The fourth-order valence-corrected chi connectivity index (χ4v) is 6.34. The Hall–Kier alpha value is -2.29. The largest absolute Gasteiger partial charge is 0.508 e. The third-order valence-corrected chi connectivity index (χ3v) is 8.42. The SMILES string of the molecule is CN(C)CC(c1ccc(O)cc1)C1(O)CCCCC1.CN(C)CC(c1ccc(O)cc1)C1(O)CCCCC1.O.O=S(=O)(O)O. The molecule has 0 bridgehead atoms. The zero-order valence-electron chi connectivity index (χ0n) is 26.6. The van der Waals surface area contributed by atoms with Crippen molar-refractivity contribution >= 4 is 10.4 Å². The molecule has 0 spiro atoms.